The number of H-pyrrole nitrogens is 1. The number of nitrogens with zero attached hydrogens (tertiary/aromatic N) is 1. The second kappa shape index (κ2) is 6.05. The lowest BCUT2D eigenvalue weighted by Gasteiger charge is -2.14. The zero-order chi connectivity index (χ0) is 14.7. The van der Waals surface area contributed by atoms with E-state index in [2.05, 4.69) is 24.0 Å². The van der Waals surface area contributed by atoms with Crippen LogP contribution >= 0.6 is 0 Å². The van der Waals surface area contributed by atoms with Crippen LogP contribution in [0.5, 0.6) is 17.2 Å². The summed E-state index contributed by atoms with van der Waals surface area (Å²) in [6, 6.07) is 1.94. The minimum absolute atomic E-state index is 0.633. The number of hydrogen-bond acceptors (Lipinski definition) is 4. The van der Waals surface area contributed by atoms with Gasteiger partial charge in [0, 0.05) is 24.2 Å². The fraction of sp³-hybridized carbons (Fsp3) is 0.467. The lowest BCUT2D eigenvalue weighted by molar-refractivity contribution is 0.327. The van der Waals surface area contributed by atoms with E-state index in [0.717, 1.165) is 29.6 Å². The molecule has 1 aromatic carbocycles. The Bertz CT molecular complexity index is 590. The molecule has 0 bridgehead atoms. The average molecular weight is 278 g/mol. The van der Waals surface area contributed by atoms with E-state index in [4.69, 9.17) is 14.2 Å². The van der Waals surface area contributed by atoms with E-state index in [0.29, 0.717) is 11.5 Å². The van der Waals surface area contributed by atoms with Gasteiger partial charge in [-0.3, -0.25) is 0 Å². The van der Waals surface area contributed by atoms with Crippen LogP contribution < -0.4 is 14.2 Å². The Labute approximate surface area is 119 Å². The Balaban J connectivity index is 2.57. The van der Waals surface area contributed by atoms with Crippen LogP contribution in [0.3, 0.4) is 0 Å². The van der Waals surface area contributed by atoms with Crippen molar-refractivity contribution < 1.29 is 14.2 Å². The van der Waals surface area contributed by atoms with Gasteiger partial charge in [-0.25, -0.2) is 0 Å². The molecular weight excluding hydrogens is 256 g/mol. The number of ether oxygens (including phenoxy) is 3. The van der Waals surface area contributed by atoms with Crippen LogP contribution in [0.25, 0.3) is 10.9 Å². The van der Waals surface area contributed by atoms with Crippen molar-refractivity contribution in [1.29, 1.82) is 0 Å². The monoisotopic (exact) mass is 278 g/mol. The quantitative estimate of drug-likeness (QED) is 0.880. The molecule has 0 saturated heterocycles. The SMILES string of the molecule is COc1cc2[nH]cc(CCN(C)C)c2c(OC)c1OC. The zero-order valence-corrected chi connectivity index (χ0v) is 12.7. The number of benzene rings is 1. The second-order valence-electron chi connectivity index (χ2n) is 4.94. The fourth-order valence-corrected chi connectivity index (χ4v) is 2.37. The zero-order valence-electron chi connectivity index (χ0n) is 12.7. The number of aromatic nitrogens is 1. The maximum atomic E-state index is 5.56. The number of aromatic amines is 1. The van der Waals surface area contributed by atoms with Crippen LogP contribution in [0.4, 0.5) is 0 Å². The molecule has 0 fully saturated rings. The summed E-state index contributed by atoms with van der Waals surface area (Å²) < 4.78 is 16.4. The molecule has 1 N–H and O–H groups in total. The molecule has 1 aromatic heterocycles. The van der Waals surface area contributed by atoms with E-state index in [9.17, 15) is 0 Å². The van der Waals surface area contributed by atoms with Crippen LogP contribution in [0.15, 0.2) is 12.3 Å². The number of fused-ring (bicyclic) bond motifs is 1. The molecule has 0 unspecified atom stereocenters. The lowest BCUT2D eigenvalue weighted by Crippen LogP contribution is -2.14. The van der Waals surface area contributed by atoms with Gasteiger partial charge >= 0.3 is 0 Å². The van der Waals surface area contributed by atoms with E-state index < -0.39 is 0 Å². The maximum absolute atomic E-state index is 5.56. The molecule has 0 atom stereocenters. The molecule has 0 radical (unpaired) electrons. The summed E-state index contributed by atoms with van der Waals surface area (Å²) in [5, 5.41) is 1.06. The van der Waals surface area contributed by atoms with Gasteiger partial charge < -0.3 is 24.1 Å². The third kappa shape index (κ3) is 2.54. The molecule has 1 heterocycles. The first-order valence-electron chi connectivity index (χ1n) is 6.56. The third-order valence-corrected chi connectivity index (χ3v) is 3.38. The number of methoxy groups -OCH3 is 3. The van der Waals surface area contributed by atoms with E-state index in [1.54, 1.807) is 21.3 Å². The standard InChI is InChI=1S/C15H22N2O3/c1-17(2)7-6-10-9-16-11-8-12(18-3)14(19-4)15(20-5)13(10)11/h8-9,16H,6-7H2,1-5H3. The van der Waals surface area contributed by atoms with Crippen molar-refractivity contribution in [2.45, 2.75) is 6.42 Å². The van der Waals surface area contributed by atoms with Gasteiger partial charge in [-0.2, -0.15) is 0 Å². The van der Waals surface area contributed by atoms with Gasteiger partial charge in [0.25, 0.3) is 0 Å². The smallest absolute Gasteiger partial charge is 0.204 e. The Kier molecular flexibility index (Phi) is 4.39. The first-order valence-corrected chi connectivity index (χ1v) is 6.56. The van der Waals surface area contributed by atoms with Crippen molar-refractivity contribution in [3.8, 4) is 17.2 Å². The fourth-order valence-electron chi connectivity index (χ4n) is 2.37. The van der Waals surface area contributed by atoms with Crippen molar-refractivity contribution >= 4 is 10.9 Å². The van der Waals surface area contributed by atoms with Gasteiger partial charge in [-0.15, -0.1) is 0 Å². The number of hydrogen-bond donors (Lipinski definition) is 1. The van der Waals surface area contributed by atoms with Crippen molar-refractivity contribution in [3.05, 3.63) is 17.8 Å². The average Bonchev–Trinajstić information content (AvgIpc) is 2.85. The van der Waals surface area contributed by atoms with Crippen molar-refractivity contribution in [2.24, 2.45) is 0 Å². The van der Waals surface area contributed by atoms with E-state index in [1.165, 1.54) is 5.56 Å². The molecular formula is C15H22N2O3. The summed E-state index contributed by atoms with van der Waals surface area (Å²) in [6.45, 7) is 0.977. The second-order valence-corrected chi connectivity index (χ2v) is 4.94. The molecule has 5 heteroatoms. The largest absolute Gasteiger partial charge is 0.493 e. The summed E-state index contributed by atoms with van der Waals surface area (Å²) >= 11 is 0. The van der Waals surface area contributed by atoms with Gasteiger partial charge in [0.15, 0.2) is 11.5 Å². The molecule has 2 aromatic rings. The normalized spacial score (nSPS) is 11.1. The molecule has 2 rings (SSSR count). The molecule has 110 valence electrons. The molecule has 0 aliphatic rings. The van der Waals surface area contributed by atoms with E-state index >= 15 is 0 Å². The number of nitrogens with one attached hydrogen (secondary N) is 1. The molecule has 0 aliphatic heterocycles. The summed E-state index contributed by atoms with van der Waals surface area (Å²) in [5.41, 5.74) is 2.21. The van der Waals surface area contributed by atoms with Crippen LogP contribution in [0.1, 0.15) is 5.56 Å². The van der Waals surface area contributed by atoms with Crippen LogP contribution in [0.2, 0.25) is 0 Å². The first-order chi connectivity index (χ1) is 9.62. The predicted molar refractivity (Wildman–Crippen MR) is 80.2 cm³/mol. The Morgan fingerprint density at radius 1 is 1.05 bits per heavy atom. The van der Waals surface area contributed by atoms with Gasteiger partial charge in [0.2, 0.25) is 5.75 Å². The minimum atomic E-state index is 0.633. The molecule has 20 heavy (non-hydrogen) atoms. The summed E-state index contributed by atoms with van der Waals surface area (Å²) in [7, 11) is 9.03. The topological polar surface area (TPSA) is 46.7 Å². The summed E-state index contributed by atoms with van der Waals surface area (Å²) in [5.74, 6) is 2.02. The van der Waals surface area contributed by atoms with Gasteiger partial charge in [-0.1, -0.05) is 0 Å². The van der Waals surface area contributed by atoms with E-state index in [1.807, 2.05) is 12.3 Å². The molecule has 0 spiro atoms. The summed E-state index contributed by atoms with van der Waals surface area (Å²) in [4.78, 5) is 5.44. The van der Waals surface area contributed by atoms with Gasteiger partial charge in [0.1, 0.15) is 0 Å². The maximum Gasteiger partial charge on any atom is 0.204 e. The Morgan fingerprint density at radius 3 is 2.30 bits per heavy atom. The number of rotatable bonds is 6. The molecule has 5 nitrogen and oxygen atoms in total. The van der Waals surface area contributed by atoms with Crippen molar-refractivity contribution in [1.82, 2.24) is 9.88 Å². The molecule has 0 saturated carbocycles. The highest BCUT2D eigenvalue weighted by Crippen LogP contribution is 2.44. The van der Waals surface area contributed by atoms with Crippen LogP contribution in [0, 0.1) is 0 Å². The van der Waals surface area contributed by atoms with Gasteiger partial charge in [-0.05, 0) is 26.1 Å². The Morgan fingerprint density at radius 2 is 1.75 bits per heavy atom. The number of likely N-dealkylation sites (N-methyl/N-ethyl adjacent to an activating group) is 1. The van der Waals surface area contributed by atoms with Crippen LogP contribution in [-0.4, -0.2) is 51.9 Å². The van der Waals surface area contributed by atoms with E-state index in [-0.39, 0.29) is 0 Å². The third-order valence-electron chi connectivity index (χ3n) is 3.38. The minimum Gasteiger partial charge on any atom is -0.493 e. The highest BCUT2D eigenvalue weighted by molar-refractivity contribution is 5.94. The molecule has 0 amide bonds. The van der Waals surface area contributed by atoms with Crippen molar-refractivity contribution in [3.63, 3.8) is 0 Å². The molecule has 0 aliphatic carbocycles. The lowest BCUT2D eigenvalue weighted by atomic mass is 10.1. The van der Waals surface area contributed by atoms with Crippen LogP contribution in [-0.2, 0) is 6.42 Å². The first kappa shape index (κ1) is 14.5. The van der Waals surface area contributed by atoms with Crippen molar-refractivity contribution in [2.75, 3.05) is 42.0 Å². The van der Waals surface area contributed by atoms with Gasteiger partial charge in [0.05, 0.1) is 26.8 Å². The summed E-state index contributed by atoms with van der Waals surface area (Å²) in [6.07, 6.45) is 2.97. The Hall–Kier alpha value is -1.88. The highest BCUT2D eigenvalue weighted by atomic mass is 16.5. The predicted octanol–water partition coefficient (Wildman–Crippen LogP) is 2.30. The highest BCUT2D eigenvalue weighted by Gasteiger charge is 2.19.